The van der Waals surface area contributed by atoms with Gasteiger partial charge < -0.3 is 4.98 Å². The molecule has 26 heavy (non-hydrogen) atoms. The van der Waals surface area contributed by atoms with Gasteiger partial charge in [-0.2, -0.15) is 4.39 Å². The van der Waals surface area contributed by atoms with Crippen LogP contribution in [0.5, 0.6) is 0 Å². The molecule has 0 aliphatic carbocycles. The molecule has 0 bridgehead atoms. The Morgan fingerprint density at radius 3 is 2.73 bits per heavy atom. The minimum absolute atomic E-state index is 0.421. The highest BCUT2D eigenvalue weighted by atomic mass is 35.5. The molecule has 4 aromatic rings. The maximum absolute atomic E-state index is 14.5. The van der Waals surface area contributed by atoms with Gasteiger partial charge in [0.1, 0.15) is 10.8 Å². The van der Waals surface area contributed by atoms with E-state index in [1.165, 1.54) is 0 Å². The Hall–Kier alpha value is -2.79. The molecule has 0 radical (unpaired) electrons. The average Bonchev–Trinajstić information content (AvgIpc) is 3.06. The fraction of sp³-hybridized carbons (Fsp3) is 0.150. The van der Waals surface area contributed by atoms with Crippen molar-refractivity contribution in [1.29, 1.82) is 0 Å². The second kappa shape index (κ2) is 7.22. The van der Waals surface area contributed by atoms with Crippen LogP contribution < -0.4 is 0 Å². The van der Waals surface area contributed by atoms with Crippen molar-refractivity contribution in [2.45, 2.75) is 19.3 Å². The van der Waals surface area contributed by atoms with Gasteiger partial charge in [-0.3, -0.25) is 0 Å². The summed E-state index contributed by atoms with van der Waals surface area (Å²) in [6, 6.07) is 11.2. The fourth-order valence-electron chi connectivity index (χ4n) is 2.96. The number of halogens is 2. The number of hydrogen-bond acceptors (Lipinski definition) is 3. The third-order valence-corrected chi connectivity index (χ3v) is 4.58. The molecule has 0 amide bonds. The number of nitrogens with zero attached hydrogens (tertiary/aromatic N) is 3. The summed E-state index contributed by atoms with van der Waals surface area (Å²) in [6.07, 6.45) is 7.21. The number of aryl methyl sites for hydroxylation is 2. The molecular weight excluding hydrogens is 351 g/mol. The molecule has 0 aromatic carbocycles. The van der Waals surface area contributed by atoms with Gasteiger partial charge in [-0.15, -0.1) is 0 Å². The zero-order valence-corrected chi connectivity index (χ0v) is 14.7. The predicted octanol–water partition coefficient (Wildman–Crippen LogP) is 4.52. The summed E-state index contributed by atoms with van der Waals surface area (Å²) in [4.78, 5) is 15.6. The van der Waals surface area contributed by atoms with Crippen LogP contribution in [-0.4, -0.2) is 19.9 Å². The Morgan fingerprint density at radius 1 is 1.00 bits per heavy atom. The van der Waals surface area contributed by atoms with Gasteiger partial charge in [0.2, 0.25) is 5.95 Å². The maximum Gasteiger partial charge on any atom is 0.216 e. The Balaban J connectivity index is 1.48. The van der Waals surface area contributed by atoms with Gasteiger partial charge in [0.15, 0.2) is 0 Å². The van der Waals surface area contributed by atoms with Crippen LogP contribution in [0.3, 0.4) is 0 Å². The third-order valence-electron chi connectivity index (χ3n) is 4.36. The van der Waals surface area contributed by atoms with Crippen LogP contribution in [0.4, 0.5) is 4.39 Å². The van der Waals surface area contributed by atoms with Crippen molar-refractivity contribution in [1.82, 2.24) is 19.9 Å². The summed E-state index contributed by atoms with van der Waals surface area (Å²) in [5.74, 6) is -0.421. The van der Waals surface area contributed by atoms with Gasteiger partial charge in [0.25, 0.3) is 0 Å². The number of rotatable bonds is 5. The molecule has 0 saturated carbocycles. The van der Waals surface area contributed by atoms with Crippen LogP contribution in [0.15, 0.2) is 55.0 Å². The van der Waals surface area contributed by atoms with Gasteiger partial charge in [0, 0.05) is 41.7 Å². The van der Waals surface area contributed by atoms with E-state index in [1.807, 2.05) is 36.5 Å². The normalized spacial score (nSPS) is 11.2. The predicted molar refractivity (Wildman–Crippen MR) is 99.7 cm³/mol. The first kappa shape index (κ1) is 16.7. The first-order valence-corrected chi connectivity index (χ1v) is 8.72. The lowest BCUT2D eigenvalue weighted by Crippen LogP contribution is -2.01. The van der Waals surface area contributed by atoms with E-state index < -0.39 is 5.95 Å². The van der Waals surface area contributed by atoms with Crippen LogP contribution in [0.2, 0.25) is 5.15 Å². The fourth-order valence-corrected chi connectivity index (χ4v) is 3.07. The summed E-state index contributed by atoms with van der Waals surface area (Å²) in [7, 11) is 0. The van der Waals surface area contributed by atoms with Crippen molar-refractivity contribution in [3.05, 3.63) is 88.5 Å². The zero-order valence-electron chi connectivity index (χ0n) is 13.9. The van der Waals surface area contributed by atoms with E-state index in [4.69, 9.17) is 11.6 Å². The minimum atomic E-state index is -0.421. The summed E-state index contributed by atoms with van der Waals surface area (Å²) < 4.78 is 14.5. The molecule has 6 heteroatoms. The molecule has 4 aromatic heterocycles. The van der Waals surface area contributed by atoms with Crippen molar-refractivity contribution in [3.63, 3.8) is 0 Å². The highest BCUT2D eigenvalue weighted by Gasteiger charge is 2.10. The molecular formula is C20H16ClFN4. The van der Waals surface area contributed by atoms with Crippen LogP contribution in [0.25, 0.3) is 11.0 Å². The van der Waals surface area contributed by atoms with Crippen molar-refractivity contribution < 1.29 is 4.39 Å². The molecule has 1 N–H and O–H groups in total. The van der Waals surface area contributed by atoms with Crippen LogP contribution in [-0.2, 0) is 19.3 Å². The lowest BCUT2D eigenvalue weighted by atomic mass is 10.0. The lowest BCUT2D eigenvalue weighted by Gasteiger charge is -2.06. The van der Waals surface area contributed by atoms with Crippen molar-refractivity contribution in [2.24, 2.45) is 0 Å². The number of aromatic nitrogens is 4. The quantitative estimate of drug-likeness (QED) is 0.528. The summed E-state index contributed by atoms with van der Waals surface area (Å²) in [5.41, 5.74) is 4.17. The van der Waals surface area contributed by atoms with Gasteiger partial charge in [-0.25, -0.2) is 15.0 Å². The average molecular weight is 367 g/mol. The standard InChI is InChI=1S/C20H16ClFN4/c21-18-8-4-13(11-24-18)3-6-16-7-5-14(19(22)26-16)10-15-12-25-20-17(15)2-1-9-23-20/h1-2,4-5,7-9,11-12H,3,6,10H2,(H,23,25). The largest absolute Gasteiger partial charge is 0.346 e. The van der Waals surface area contributed by atoms with E-state index >= 15 is 0 Å². The molecule has 130 valence electrons. The third kappa shape index (κ3) is 3.58. The highest BCUT2D eigenvalue weighted by Crippen LogP contribution is 2.20. The number of fused-ring (bicyclic) bond motifs is 1. The van der Waals surface area contributed by atoms with E-state index in [9.17, 15) is 4.39 Å². The number of hydrogen-bond donors (Lipinski definition) is 1. The maximum atomic E-state index is 14.5. The molecule has 0 spiro atoms. The number of pyridine rings is 3. The highest BCUT2D eigenvalue weighted by molar-refractivity contribution is 6.29. The van der Waals surface area contributed by atoms with Crippen molar-refractivity contribution in [2.75, 3.05) is 0 Å². The molecule has 4 nitrogen and oxygen atoms in total. The second-order valence-corrected chi connectivity index (χ2v) is 6.52. The molecule has 4 rings (SSSR count). The van der Waals surface area contributed by atoms with Gasteiger partial charge in [-0.1, -0.05) is 23.7 Å². The number of H-pyrrole nitrogens is 1. The van der Waals surface area contributed by atoms with Gasteiger partial charge in [0.05, 0.1) is 0 Å². The number of aromatic amines is 1. The molecule has 0 aliphatic rings. The van der Waals surface area contributed by atoms with Crippen molar-refractivity contribution in [3.8, 4) is 0 Å². The van der Waals surface area contributed by atoms with Crippen LogP contribution >= 0.6 is 11.6 Å². The monoisotopic (exact) mass is 366 g/mol. The molecule has 0 saturated heterocycles. The van der Waals surface area contributed by atoms with Crippen molar-refractivity contribution >= 4 is 22.6 Å². The van der Waals surface area contributed by atoms with Crippen LogP contribution in [0.1, 0.15) is 22.4 Å². The number of nitrogens with one attached hydrogen (secondary N) is 1. The Bertz CT molecular complexity index is 1040. The van der Waals surface area contributed by atoms with Gasteiger partial charge in [-0.05, 0) is 48.2 Å². The second-order valence-electron chi connectivity index (χ2n) is 6.13. The smallest absolute Gasteiger partial charge is 0.216 e. The minimum Gasteiger partial charge on any atom is -0.346 e. The Kier molecular flexibility index (Phi) is 4.63. The molecule has 0 fully saturated rings. The van der Waals surface area contributed by atoms with E-state index in [2.05, 4.69) is 19.9 Å². The topological polar surface area (TPSA) is 54.5 Å². The Morgan fingerprint density at radius 2 is 1.92 bits per heavy atom. The van der Waals surface area contributed by atoms with E-state index in [0.29, 0.717) is 23.6 Å². The van der Waals surface area contributed by atoms with E-state index in [-0.39, 0.29) is 0 Å². The first-order chi connectivity index (χ1) is 12.7. The summed E-state index contributed by atoms with van der Waals surface area (Å²) in [5, 5.41) is 1.47. The first-order valence-electron chi connectivity index (χ1n) is 8.35. The SMILES string of the molecule is Fc1nc(CCc2ccc(Cl)nc2)ccc1Cc1c[nH]c2ncccc12. The molecule has 4 heterocycles. The Labute approximate surface area is 155 Å². The summed E-state index contributed by atoms with van der Waals surface area (Å²) in [6.45, 7) is 0. The molecule has 0 unspecified atom stereocenters. The summed E-state index contributed by atoms with van der Waals surface area (Å²) >= 11 is 5.78. The zero-order chi connectivity index (χ0) is 17.9. The van der Waals surface area contributed by atoms with E-state index in [1.54, 1.807) is 18.5 Å². The molecule has 0 atom stereocenters. The lowest BCUT2D eigenvalue weighted by molar-refractivity contribution is 0.563. The van der Waals surface area contributed by atoms with E-state index in [0.717, 1.165) is 34.3 Å². The molecule has 0 aliphatic heterocycles. The van der Waals surface area contributed by atoms with Crippen LogP contribution in [0, 0.1) is 5.95 Å². The van der Waals surface area contributed by atoms with Gasteiger partial charge >= 0.3 is 0 Å².